The summed E-state index contributed by atoms with van der Waals surface area (Å²) in [4.78, 5) is 8.64. The number of rotatable bonds is 4. The third-order valence-corrected chi connectivity index (χ3v) is 3.37. The van der Waals surface area contributed by atoms with E-state index in [0.29, 0.717) is 16.9 Å². The van der Waals surface area contributed by atoms with E-state index in [2.05, 4.69) is 22.2 Å². The molecule has 1 aliphatic rings. The van der Waals surface area contributed by atoms with E-state index in [-0.39, 0.29) is 4.99 Å². The number of hydrogen-bond acceptors (Lipinski definition) is 4. The maximum absolute atomic E-state index is 5.59. The van der Waals surface area contributed by atoms with Crippen LogP contribution in [0.4, 0.5) is 5.82 Å². The molecule has 0 spiro atoms. The van der Waals surface area contributed by atoms with Crippen LogP contribution in [0.3, 0.4) is 0 Å². The van der Waals surface area contributed by atoms with Crippen molar-refractivity contribution in [3.8, 4) is 0 Å². The van der Waals surface area contributed by atoms with Gasteiger partial charge in [-0.25, -0.2) is 9.97 Å². The average Bonchev–Trinajstić information content (AvgIpc) is 2.24. The summed E-state index contributed by atoms with van der Waals surface area (Å²) in [5.41, 5.74) is 6.57. The summed E-state index contributed by atoms with van der Waals surface area (Å²) < 4.78 is 0. The lowest BCUT2D eigenvalue weighted by Crippen LogP contribution is -2.34. The molecule has 0 atom stereocenters. The largest absolute Gasteiger partial charge is 0.388 e. The Balaban J connectivity index is 2.06. The lowest BCUT2D eigenvalue weighted by atomic mass is 9.70. The lowest BCUT2D eigenvalue weighted by Gasteiger charge is -2.38. The first-order chi connectivity index (χ1) is 7.61. The second kappa shape index (κ2) is 4.33. The average molecular weight is 236 g/mol. The molecular formula is C11H16N4S. The summed E-state index contributed by atoms with van der Waals surface area (Å²) in [5.74, 6) is 0.697. The summed E-state index contributed by atoms with van der Waals surface area (Å²) in [7, 11) is 0. The van der Waals surface area contributed by atoms with E-state index in [1.807, 2.05) is 0 Å². The van der Waals surface area contributed by atoms with E-state index >= 15 is 0 Å². The van der Waals surface area contributed by atoms with Crippen LogP contribution in [0.5, 0.6) is 0 Å². The number of anilines is 1. The number of aromatic nitrogens is 2. The van der Waals surface area contributed by atoms with Crippen LogP contribution in [0.25, 0.3) is 0 Å². The number of hydrogen-bond donors (Lipinski definition) is 2. The van der Waals surface area contributed by atoms with E-state index < -0.39 is 0 Å². The Labute approximate surface area is 101 Å². The monoisotopic (exact) mass is 236 g/mol. The topological polar surface area (TPSA) is 63.8 Å². The first kappa shape index (κ1) is 11.3. The van der Waals surface area contributed by atoms with E-state index in [9.17, 15) is 0 Å². The minimum Gasteiger partial charge on any atom is -0.388 e. The Morgan fingerprint density at radius 2 is 2.19 bits per heavy atom. The fraction of sp³-hybridized carbons (Fsp3) is 0.545. The van der Waals surface area contributed by atoms with Gasteiger partial charge in [-0.05, 0) is 18.3 Å². The van der Waals surface area contributed by atoms with Crippen LogP contribution in [-0.4, -0.2) is 21.5 Å². The molecule has 16 heavy (non-hydrogen) atoms. The molecule has 1 saturated carbocycles. The number of nitrogens with zero attached hydrogens (tertiary/aromatic N) is 2. The maximum Gasteiger partial charge on any atom is 0.155 e. The highest BCUT2D eigenvalue weighted by molar-refractivity contribution is 7.80. The van der Waals surface area contributed by atoms with Crippen LogP contribution < -0.4 is 11.1 Å². The van der Waals surface area contributed by atoms with Crippen LogP contribution in [-0.2, 0) is 0 Å². The fourth-order valence-electron chi connectivity index (χ4n) is 1.90. The zero-order valence-corrected chi connectivity index (χ0v) is 10.2. The number of thiocarbonyl (C=S) groups is 1. The van der Waals surface area contributed by atoms with Crippen molar-refractivity contribution in [1.29, 1.82) is 0 Å². The van der Waals surface area contributed by atoms with Gasteiger partial charge in [-0.15, -0.1) is 0 Å². The number of nitrogens with two attached hydrogens (primary N) is 1. The molecular weight excluding hydrogens is 220 g/mol. The van der Waals surface area contributed by atoms with Crippen molar-refractivity contribution >= 4 is 23.0 Å². The zero-order chi connectivity index (χ0) is 11.6. The van der Waals surface area contributed by atoms with Crippen LogP contribution in [0.2, 0.25) is 0 Å². The molecule has 86 valence electrons. The van der Waals surface area contributed by atoms with Gasteiger partial charge in [0.25, 0.3) is 0 Å². The van der Waals surface area contributed by atoms with Crippen molar-refractivity contribution in [3.63, 3.8) is 0 Å². The predicted molar refractivity (Wildman–Crippen MR) is 68.4 cm³/mol. The van der Waals surface area contributed by atoms with Crippen molar-refractivity contribution in [1.82, 2.24) is 9.97 Å². The van der Waals surface area contributed by atoms with E-state index in [1.165, 1.54) is 19.3 Å². The van der Waals surface area contributed by atoms with Gasteiger partial charge in [0.05, 0.1) is 0 Å². The molecule has 0 aromatic carbocycles. The van der Waals surface area contributed by atoms with Gasteiger partial charge in [-0.1, -0.05) is 25.6 Å². The summed E-state index contributed by atoms with van der Waals surface area (Å²) in [6.07, 6.45) is 7.10. The molecule has 0 saturated heterocycles. The van der Waals surface area contributed by atoms with Crippen molar-refractivity contribution in [2.75, 3.05) is 11.9 Å². The molecule has 1 aromatic heterocycles. The standard InChI is InChI=1S/C11H16N4S/c1-11(3-2-4-11)7-15-10-8(9(12)16)13-5-6-14-10/h5-6H,2-4,7H2,1H3,(H2,12,16)(H,14,15). The SMILES string of the molecule is CC1(CNc2nccnc2C(N)=S)CCC1. The van der Waals surface area contributed by atoms with Gasteiger partial charge in [0.2, 0.25) is 0 Å². The smallest absolute Gasteiger partial charge is 0.155 e. The van der Waals surface area contributed by atoms with E-state index in [0.717, 1.165) is 6.54 Å². The lowest BCUT2D eigenvalue weighted by molar-refractivity contribution is 0.180. The van der Waals surface area contributed by atoms with Gasteiger partial charge >= 0.3 is 0 Å². The van der Waals surface area contributed by atoms with Crippen molar-refractivity contribution in [2.24, 2.45) is 11.1 Å². The summed E-state index contributed by atoms with van der Waals surface area (Å²) in [5, 5.41) is 3.30. The van der Waals surface area contributed by atoms with Gasteiger partial charge < -0.3 is 11.1 Å². The first-order valence-electron chi connectivity index (χ1n) is 5.45. The molecule has 1 aromatic rings. The van der Waals surface area contributed by atoms with Crippen molar-refractivity contribution in [3.05, 3.63) is 18.1 Å². The fourth-order valence-corrected chi connectivity index (χ4v) is 2.05. The molecule has 5 heteroatoms. The molecule has 1 heterocycles. The third kappa shape index (κ3) is 2.29. The highest BCUT2D eigenvalue weighted by Gasteiger charge is 2.31. The molecule has 2 rings (SSSR count). The first-order valence-corrected chi connectivity index (χ1v) is 5.86. The van der Waals surface area contributed by atoms with Gasteiger partial charge in [0.1, 0.15) is 10.7 Å². The van der Waals surface area contributed by atoms with Crippen LogP contribution in [0, 0.1) is 5.41 Å². The van der Waals surface area contributed by atoms with Crippen LogP contribution in [0.1, 0.15) is 31.9 Å². The Morgan fingerprint density at radius 3 is 2.75 bits per heavy atom. The quantitative estimate of drug-likeness (QED) is 0.779. The molecule has 3 N–H and O–H groups in total. The second-order valence-electron chi connectivity index (χ2n) is 4.64. The molecule has 1 aliphatic carbocycles. The molecule has 0 radical (unpaired) electrons. The summed E-state index contributed by atoms with van der Waals surface area (Å²) in [6.45, 7) is 3.18. The minimum absolute atomic E-state index is 0.286. The molecule has 0 aliphatic heterocycles. The van der Waals surface area contributed by atoms with Crippen LogP contribution >= 0.6 is 12.2 Å². The van der Waals surface area contributed by atoms with E-state index in [1.54, 1.807) is 12.4 Å². The second-order valence-corrected chi connectivity index (χ2v) is 5.08. The van der Waals surface area contributed by atoms with E-state index in [4.69, 9.17) is 18.0 Å². The third-order valence-electron chi connectivity index (χ3n) is 3.17. The molecule has 1 fully saturated rings. The van der Waals surface area contributed by atoms with Crippen molar-refractivity contribution in [2.45, 2.75) is 26.2 Å². The van der Waals surface area contributed by atoms with Crippen LogP contribution in [0.15, 0.2) is 12.4 Å². The molecule has 0 bridgehead atoms. The van der Waals surface area contributed by atoms with Gasteiger partial charge in [-0.2, -0.15) is 0 Å². The minimum atomic E-state index is 0.286. The van der Waals surface area contributed by atoms with Crippen molar-refractivity contribution < 1.29 is 0 Å². The Kier molecular flexibility index (Phi) is 3.05. The van der Waals surface area contributed by atoms with Gasteiger partial charge in [0.15, 0.2) is 5.82 Å². The highest BCUT2D eigenvalue weighted by Crippen LogP contribution is 2.40. The predicted octanol–water partition coefficient (Wildman–Crippen LogP) is 1.71. The Morgan fingerprint density at radius 1 is 1.50 bits per heavy atom. The maximum atomic E-state index is 5.59. The molecule has 0 amide bonds. The zero-order valence-electron chi connectivity index (χ0n) is 9.36. The summed E-state index contributed by atoms with van der Waals surface area (Å²) in [6, 6.07) is 0. The number of nitrogens with one attached hydrogen (secondary N) is 1. The normalized spacial score (nSPS) is 17.6. The Hall–Kier alpha value is -1.23. The Bertz CT molecular complexity index is 401. The van der Waals surface area contributed by atoms with Gasteiger partial charge in [0, 0.05) is 18.9 Å². The molecule has 0 unspecified atom stereocenters. The summed E-state index contributed by atoms with van der Waals surface area (Å²) >= 11 is 4.93. The van der Waals surface area contributed by atoms with Gasteiger partial charge in [-0.3, -0.25) is 0 Å². The molecule has 4 nitrogen and oxygen atoms in total. The highest BCUT2D eigenvalue weighted by atomic mass is 32.1.